The summed E-state index contributed by atoms with van der Waals surface area (Å²) in [6, 6.07) is 1.68. The van der Waals surface area contributed by atoms with Gasteiger partial charge >= 0.3 is 0 Å². The van der Waals surface area contributed by atoms with Crippen LogP contribution in [0.15, 0.2) is 6.07 Å². The fourth-order valence-corrected chi connectivity index (χ4v) is 1.29. The zero-order valence-electron chi connectivity index (χ0n) is 10.1. The van der Waals surface area contributed by atoms with E-state index < -0.39 is 0 Å². The van der Waals surface area contributed by atoms with Crippen molar-refractivity contribution >= 4 is 5.95 Å². The van der Waals surface area contributed by atoms with Crippen molar-refractivity contribution in [1.29, 1.82) is 0 Å². The molecule has 0 amide bonds. The summed E-state index contributed by atoms with van der Waals surface area (Å²) in [5.41, 5.74) is 5.71. The predicted molar refractivity (Wildman–Crippen MR) is 62.1 cm³/mol. The van der Waals surface area contributed by atoms with Crippen LogP contribution in [0.1, 0.15) is 6.92 Å². The Balaban J connectivity index is 2.93. The second-order valence-corrected chi connectivity index (χ2v) is 3.61. The molecule has 0 saturated heterocycles. The molecule has 90 valence electrons. The molecule has 0 fully saturated rings. The Bertz CT molecular complexity index is 321. The molecule has 0 saturated carbocycles. The maximum atomic E-state index is 5.71. The average molecular weight is 226 g/mol. The second-order valence-electron chi connectivity index (χ2n) is 3.61. The van der Waals surface area contributed by atoms with Crippen molar-refractivity contribution in [3.63, 3.8) is 0 Å². The van der Waals surface area contributed by atoms with Crippen LogP contribution in [0.25, 0.3) is 0 Å². The third-order valence-electron chi connectivity index (χ3n) is 1.99. The Morgan fingerprint density at radius 1 is 1.31 bits per heavy atom. The number of aromatic nitrogens is 2. The van der Waals surface area contributed by atoms with E-state index in [4.69, 9.17) is 15.2 Å². The van der Waals surface area contributed by atoms with Crippen LogP contribution in [0.4, 0.5) is 5.95 Å². The summed E-state index contributed by atoms with van der Waals surface area (Å²) in [5, 5.41) is 0. The van der Waals surface area contributed by atoms with Crippen LogP contribution in [-0.4, -0.2) is 43.8 Å². The fourth-order valence-electron chi connectivity index (χ4n) is 1.29. The van der Waals surface area contributed by atoms with Gasteiger partial charge in [0, 0.05) is 19.6 Å². The lowest BCUT2D eigenvalue weighted by Gasteiger charge is -2.19. The van der Waals surface area contributed by atoms with Gasteiger partial charge in [-0.2, -0.15) is 9.97 Å². The molecule has 0 aromatic carbocycles. The highest BCUT2D eigenvalue weighted by Crippen LogP contribution is 2.19. The third-order valence-corrected chi connectivity index (χ3v) is 1.99. The van der Waals surface area contributed by atoms with Crippen LogP contribution < -0.4 is 20.1 Å². The molecule has 1 aromatic rings. The Morgan fingerprint density at radius 3 is 2.19 bits per heavy atom. The number of methoxy groups -OCH3 is 2. The van der Waals surface area contributed by atoms with Gasteiger partial charge in [0.05, 0.1) is 20.3 Å². The molecule has 1 heterocycles. The molecule has 0 aliphatic heterocycles. The van der Waals surface area contributed by atoms with E-state index in [2.05, 4.69) is 9.97 Å². The zero-order valence-corrected chi connectivity index (χ0v) is 10.1. The fraction of sp³-hybridized carbons (Fsp3) is 0.600. The summed E-state index contributed by atoms with van der Waals surface area (Å²) in [4.78, 5) is 10.3. The van der Waals surface area contributed by atoms with Crippen LogP contribution in [0, 0.1) is 0 Å². The van der Waals surface area contributed by atoms with Gasteiger partial charge in [-0.25, -0.2) is 0 Å². The molecule has 0 spiro atoms. The number of hydrogen-bond acceptors (Lipinski definition) is 6. The van der Waals surface area contributed by atoms with Gasteiger partial charge in [0.25, 0.3) is 0 Å². The minimum Gasteiger partial charge on any atom is -0.481 e. The highest BCUT2D eigenvalue weighted by molar-refractivity contribution is 5.35. The molecule has 1 atom stereocenters. The highest BCUT2D eigenvalue weighted by atomic mass is 16.5. The largest absolute Gasteiger partial charge is 0.481 e. The predicted octanol–water partition coefficient (Wildman–Crippen LogP) is 0.277. The summed E-state index contributed by atoms with van der Waals surface area (Å²) in [7, 11) is 4.98. The van der Waals surface area contributed by atoms with Crippen molar-refractivity contribution in [2.45, 2.75) is 13.0 Å². The standard InChI is InChI=1S/C10H18N4O2/c1-7(11)6-14(2)10-12-8(15-3)5-9(13-10)16-4/h5,7H,6,11H2,1-4H3. The minimum atomic E-state index is 0.0470. The van der Waals surface area contributed by atoms with Crippen LogP contribution in [0.5, 0.6) is 11.8 Å². The molecule has 0 radical (unpaired) electrons. The molecule has 0 bridgehead atoms. The van der Waals surface area contributed by atoms with Crippen molar-refractivity contribution in [2.75, 3.05) is 32.7 Å². The molecule has 1 unspecified atom stereocenters. The van der Waals surface area contributed by atoms with Crippen molar-refractivity contribution in [1.82, 2.24) is 9.97 Å². The summed E-state index contributed by atoms with van der Waals surface area (Å²) >= 11 is 0. The van der Waals surface area contributed by atoms with Crippen LogP contribution in [0.2, 0.25) is 0 Å². The smallest absolute Gasteiger partial charge is 0.231 e. The third kappa shape index (κ3) is 3.23. The van der Waals surface area contributed by atoms with Crippen molar-refractivity contribution < 1.29 is 9.47 Å². The number of rotatable bonds is 5. The maximum Gasteiger partial charge on any atom is 0.231 e. The first-order valence-corrected chi connectivity index (χ1v) is 5.00. The van der Waals surface area contributed by atoms with E-state index in [9.17, 15) is 0 Å². The van der Waals surface area contributed by atoms with E-state index in [1.54, 1.807) is 20.3 Å². The van der Waals surface area contributed by atoms with Gasteiger partial charge in [0.1, 0.15) is 0 Å². The molecule has 0 aliphatic rings. The lowest BCUT2D eigenvalue weighted by Crippen LogP contribution is -2.33. The Kier molecular flexibility index (Phi) is 4.30. The van der Waals surface area contributed by atoms with E-state index in [1.807, 2.05) is 18.9 Å². The maximum absolute atomic E-state index is 5.71. The molecule has 1 aromatic heterocycles. The molecule has 1 rings (SSSR count). The topological polar surface area (TPSA) is 73.5 Å². The number of hydrogen-bond donors (Lipinski definition) is 1. The number of nitrogens with zero attached hydrogens (tertiary/aromatic N) is 3. The summed E-state index contributed by atoms with van der Waals surface area (Å²) < 4.78 is 10.1. The Morgan fingerprint density at radius 2 is 1.81 bits per heavy atom. The van der Waals surface area contributed by atoms with Crippen molar-refractivity contribution in [3.8, 4) is 11.8 Å². The first kappa shape index (κ1) is 12.5. The molecular formula is C10H18N4O2. The molecule has 2 N–H and O–H groups in total. The van der Waals surface area contributed by atoms with Gasteiger partial charge < -0.3 is 20.1 Å². The number of ether oxygens (including phenoxy) is 2. The first-order valence-electron chi connectivity index (χ1n) is 5.00. The van der Waals surface area contributed by atoms with Gasteiger partial charge in [0.15, 0.2) is 0 Å². The van der Waals surface area contributed by atoms with Gasteiger partial charge in [-0.15, -0.1) is 0 Å². The summed E-state index contributed by atoms with van der Waals surface area (Å²) in [6.07, 6.45) is 0. The molecule has 6 heteroatoms. The number of likely N-dealkylation sites (N-methyl/N-ethyl adjacent to an activating group) is 1. The molecule has 16 heavy (non-hydrogen) atoms. The normalized spacial score (nSPS) is 12.1. The van der Waals surface area contributed by atoms with E-state index >= 15 is 0 Å². The van der Waals surface area contributed by atoms with Crippen LogP contribution >= 0.6 is 0 Å². The Labute approximate surface area is 95.4 Å². The van der Waals surface area contributed by atoms with Gasteiger partial charge in [-0.05, 0) is 6.92 Å². The molecule has 0 aliphatic carbocycles. The lowest BCUT2D eigenvalue weighted by atomic mass is 10.3. The van der Waals surface area contributed by atoms with Gasteiger partial charge in [-0.3, -0.25) is 0 Å². The minimum absolute atomic E-state index is 0.0470. The van der Waals surface area contributed by atoms with E-state index in [-0.39, 0.29) is 6.04 Å². The van der Waals surface area contributed by atoms with E-state index in [0.29, 0.717) is 24.3 Å². The molecule has 6 nitrogen and oxygen atoms in total. The molecular weight excluding hydrogens is 208 g/mol. The van der Waals surface area contributed by atoms with Crippen molar-refractivity contribution in [2.24, 2.45) is 5.73 Å². The number of anilines is 1. The zero-order chi connectivity index (χ0) is 12.1. The van der Waals surface area contributed by atoms with Crippen LogP contribution in [-0.2, 0) is 0 Å². The van der Waals surface area contributed by atoms with E-state index in [1.165, 1.54) is 0 Å². The summed E-state index contributed by atoms with van der Waals surface area (Å²) in [6.45, 7) is 2.59. The second kappa shape index (κ2) is 5.50. The Hall–Kier alpha value is -1.56. The SMILES string of the molecule is COc1cc(OC)nc(N(C)CC(C)N)n1. The average Bonchev–Trinajstić information content (AvgIpc) is 2.27. The number of nitrogens with two attached hydrogens (primary N) is 1. The summed E-state index contributed by atoms with van der Waals surface area (Å²) in [5.74, 6) is 1.48. The lowest BCUT2D eigenvalue weighted by molar-refractivity contribution is 0.371. The van der Waals surface area contributed by atoms with Gasteiger partial charge in [0.2, 0.25) is 17.7 Å². The van der Waals surface area contributed by atoms with Crippen molar-refractivity contribution in [3.05, 3.63) is 6.07 Å². The van der Waals surface area contributed by atoms with E-state index in [0.717, 1.165) is 0 Å². The monoisotopic (exact) mass is 226 g/mol. The highest BCUT2D eigenvalue weighted by Gasteiger charge is 2.10. The van der Waals surface area contributed by atoms with Gasteiger partial charge in [-0.1, -0.05) is 0 Å². The first-order chi connectivity index (χ1) is 7.56. The van der Waals surface area contributed by atoms with Crippen LogP contribution in [0.3, 0.4) is 0 Å². The quantitative estimate of drug-likeness (QED) is 0.777.